The first-order valence-electron chi connectivity index (χ1n) is 7.35. The van der Waals surface area contributed by atoms with E-state index in [1.54, 1.807) is 30.5 Å². The van der Waals surface area contributed by atoms with Crippen LogP contribution in [0, 0.1) is 15.9 Å². The van der Waals surface area contributed by atoms with Crippen molar-refractivity contribution in [2.45, 2.75) is 6.54 Å². The molecule has 0 atom stereocenters. The standard InChI is InChI=1S/C17H13FN4O3/c18-13-5-3-4-12(10-13)11-21-9-8-16(20-21)19-17(23)14-6-1-2-7-15(14)22(24)25/h1-10H,11H2,(H,19,20,23). The number of nitrogens with one attached hydrogen (secondary N) is 1. The highest BCUT2D eigenvalue weighted by Crippen LogP contribution is 2.19. The second-order valence-corrected chi connectivity index (χ2v) is 5.26. The number of nitrogens with zero attached hydrogens (tertiary/aromatic N) is 3. The Bertz CT molecular complexity index is 939. The minimum atomic E-state index is -0.622. The summed E-state index contributed by atoms with van der Waals surface area (Å²) in [6.07, 6.45) is 1.62. The number of rotatable bonds is 5. The number of carbonyl (C=O) groups is 1. The van der Waals surface area contributed by atoms with Gasteiger partial charge in [-0.2, -0.15) is 5.10 Å². The van der Waals surface area contributed by atoms with Gasteiger partial charge in [-0.1, -0.05) is 24.3 Å². The second kappa shape index (κ2) is 6.91. The van der Waals surface area contributed by atoms with Gasteiger partial charge in [0.05, 0.1) is 11.5 Å². The Labute approximate surface area is 141 Å². The summed E-state index contributed by atoms with van der Waals surface area (Å²) in [6.45, 7) is 0.332. The number of anilines is 1. The van der Waals surface area contributed by atoms with Gasteiger partial charge in [-0.25, -0.2) is 4.39 Å². The van der Waals surface area contributed by atoms with E-state index < -0.39 is 10.8 Å². The van der Waals surface area contributed by atoms with Gasteiger partial charge < -0.3 is 5.32 Å². The van der Waals surface area contributed by atoms with Gasteiger partial charge in [-0.15, -0.1) is 0 Å². The summed E-state index contributed by atoms with van der Waals surface area (Å²) in [5.41, 5.74) is 0.394. The second-order valence-electron chi connectivity index (χ2n) is 5.26. The van der Waals surface area contributed by atoms with E-state index in [0.29, 0.717) is 6.54 Å². The van der Waals surface area contributed by atoms with Crippen LogP contribution >= 0.6 is 0 Å². The number of carbonyl (C=O) groups excluding carboxylic acids is 1. The number of para-hydroxylation sites is 1. The molecule has 0 aliphatic rings. The van der Waals surface area contributed by atoms with E-state index in [-0.39, 0.29) is 22.9 Å². The van der Waals surface area contributed by atoms with Crippen LogP contribution < -0.4 is 5.32 Å². The number of nitro groups is 1. The maximum atomic E-state index is 13.2. The zero-order valence-electron chi connectivity index (χ0n) is 12.9. The number of benzene rings is 2. The molecule has 1 amide bonds. The molecule has 1 heterocycles. The Morgan fingerprint density at radius 1 is 1.20 bits per heavy atom. The fourth-order valence-electron chi connectivity index (χ4n) is 2.35. The van der Waals surface area contributed by atoms with E-state index in [4.69, 9.17) is 0 Å². The molecular weight excluding hydrogens is 327 g/mol. The molecule has 3 aromatic rings. The number of hydrogen-bond acceptors (Lipinski definition) is 4. The molecule has 0 saturated carbocycles. The fraction of sp³-hybridized carbons (Fsp3) is 0.0588. The van der Waals surface area contributed by atoms with Crippen LogP contribution in [0.3, 0.4) is 0 Å². The largest absolute Gasteiger partial charge is 0.305 e. The molecule has 0 saturated heterocycles. The van der Waals surface area contributed by atoms with Crippen LogP contribution in [0.4, 0.5) is 15.9 Å². The molecule has 1 aromatic heterocycles. The Morgan fingerprint density at radius 3 is 2.76 bits per heavy atom. The molecule has 3 rings (SSSR count). The molecule has 8 heteroatoms. The molecule has 0 bridgehead atoms. The quantitative estimate of drug-likeness (QED) is 0.570. The molecule has 0 radical (unpaired) electrons. The Kier molecular flexibility index (Phi) is 4.51. The highest BCUT2D eigenvalue weighted by Gasteiger charge is 2.19. The summed E-state index contributed by atoms with van der Waals surface area (Å²) in [5, 5.41) is 17.7. The predicted molar refractivity (Wildman–Crippen MR) is 88.8 cm³/mol. The smallest absolute Gasteiger partial charge is 0.282 e. The molecule has 25 heavy (non-hydrogen) atoms. The average molecular weight is 340 g/mol. The van der Waals surface area contributed by atoms with E-state index in [0.717, 1.165) is 5.56 Å². The van der Waals surface area contributed by atoms with Gasteiger partial charge in [0.1, 0.15) is 11.4 Å². The zero-order chi connectivity index (χ0) is 17.8. The molecule has 0 fully saturated rings. The van der Waals surface area contributed by atoms with Crippen molar-refractivity contribution < 1.29 is 14.1 Å². The van der Waals surface area contributed by atoms with Gasteiger partial charge >= 0.3 is 0 Å². The van der Waals surface area contributed by atoms with Crippen LogP contribution in [-0.4, -0.2) is 20.6 Å². The third-order valence-electron chi connectivity index (χ3n) is 3.46. The van der Waals surface area contributed by atoms with E-state index in [1.807, 2.05) is 0 Å². The Hall–Kier alpha value is -3.55. The van der Waals surface area contributed by atoms with Crippen molar-refractivity contribution in [3.63, 3.8) is 0 Å². The highest BCUT2D eigenvalue weighted by molar-refractivity contribution is 6.06. The van der Waals surface area contributed by atoms with Gasteiger partial charge in [0.2, 0.25) is 0 Å². The minimum absolute atomic E-state index is 0.0489. The van der Waals surface area contributed by atoms with Gasteiger partial charge in [0.15, 0.2) is 5.82 Å². The third kappa shape index (κ3) is 3.86. The van der Waals surface area contributed by atoms with Crippen molar-refractivity contribution >= 4 is 17.4 Å². The minimum Gasteiger partial charge on any atom is -0.305 e. The summed E-state index contributed by atoms with van der Waals surface area (Å²) in [5.74, 6) is -0.711. The molecule has 1 N–H and O–H groups in total. The number of hydrogen-bond donors (Lipinski definition) is 1. The monoisotopic (exact) mass is 340 g/mol. The van der Waals surface area contributed by atoms with Crippen molar-refractivity contribution in [1.29, 1.82) is 0 Å². The Balaban J connectivity index is 1.73. The molecule has 126 valence electrons. The van der Waals surface area contributed by atoms with Crippen LogP contribution in [0.1, 0.15) is 15.9 Å². The van der Waals surface area contributed by atoms with Crippen LogP contribution in [0.15, 0.2) is 60.8 Å². The third-order valence-corrected chi connectivity index (χ3v) is 3.46. The number of nitro benzene ring substituents is 1. The SMILES string of the molecule is O=C(Nc1ccn(Cc2cccc(F)c2)n1)c1ccccc1[N+](=O)[O-]. The summed E-state index contributed by atoms with van der Waals surface area (Å²) >= 11 is 0. The number of amides is 1. The lowest BCUT2D eigenvalue weighted by Crippen LogP contribution is -2.14. The summed E-state index contributed by atoms with van der Waals surface area (Å²) in [4.78, 5) is 22.6. The molecule has 0 spiro atoms. The van der Waals surface area contributed by atoms with Gasteiger partial charge in [-0.05, 0) is 23.8 Å². The molecule has 0 aliphatic carbocycles. The molecule has 0 aliphatic heterocycles. The average Bonchev–Trinajstić information content (AvgIpc) is 3.01. The zero-order valence-corrected chi connectivity index (χ0v) is 12.9. The lowest BCUT2D eigenvalue weighted by Gasteiger charge is -2.04. The summed E-state index contributed by atoms with van der Waals surface area (Å²) in [6, 6.07) is 13.3. The molecule has 7 nitrogen and oxygen atoms in total. The summed E-state index contributed by atoms with van der Waals surface area (Å²) in [7, 11) is 0. The molecule has 0 unspecified atom stereocenters. The van der Waals surface area contributed by atoms with Crippen LogP contribution in [0.2, 0.25) is 0 Å². The van der Waals surface area contributed by atoms with Gasteiger partial charge in [-0.3, -0.25) is 19.6 Å². The van der Waals surface area contributed by atoms with E-state index in [2.05, 4.69) is 10.4 Å². The van der Waals surface area contributed by atoms with Crippen LogP contribution in [-0.2, 0) is 6.54 Å². The van der Waals surface area contributed by atoms with E-state index in [1.165, 1.54) is 35.0 Å². The fourth-order valence-corrected chi connectivity index (χ4v) is 2.35. The normalized spacial score (nSPS) is 10.4. The first kappa shape index (κ1) is 16.3. The Morgan fingerprint density at radius 2 is 2.00 bits per heavy atom. The van der Waals surface area contributed by atoms with Crippen molar-refractivity contribution in [1.82, 2.24) is 9.78 Å². The van der Waals surface area contributed by atoms with Crippen molar-refractivity contribution in [2.24, 2.45) is 0 Å². The van der Waals surface area contributed by atoms with E-state index in [9.17, 15) is 19.3 Å². The van der Waals surface area contributed by atoms with E-state index >= 15 is 0 Å². The lowest BCUT2D eigenvalue weighted by atomic mass is 10.1. The number of aromatic nitrogens is 2. The lowest BCUT2D eigenvalue weighted by molar-refractivity contribution is -0.385. The van der Waals surface area contributed by atoms with Crippen LogP contribution in [0.25, 0.3) is 0 Å². The van der Waals surface area contributed by atoms with Crippen LogP contribution in [0.5, 0.6) is 0 Å². The molecule has 2 aromatic carbocycles. The highest BCUT2D eigenvalue weighted by atomic mass is 19.1. The molecular formula is C17H13FN4O3. The maximum Gasteiger partial charge on any atom is 0.282 e. The van der Waals surface area contributed by atoms with Crippen molar-refractivity contribution in [3.8, 4) is 0 Å². The number of halogens is 1. The first-order valence-corrected chi connectivity index (χ1v) is 7.35. The predicted octanol–water partition coefficient (Wildman–Crippen LogP) is 3.23. The first-order chi connectivity index (χ1) is 12.0. The maximum absolute atomic E-state index is 13.2. The van der Waals surface area contributed by atoms with Gasteiger partial charge in [0.25, 0.3) is 11.6 Å². The topological polar surface area (TPSA) is 90.1 Å². The summed E-state index contributed by atoms with van der Waals surface area (Å²) < 4.78 is 14.7. The van der Waals surface area contributed by atoms with Gasteiger partial charge in [0, 0.05) is 18.3 Å². The van der Waals surface area contributed by atoms with Crippen molar-refractivity contribution in [3.05, 3.63) is 87.9 Å². The van der Waals surface area contributed by atoms with Crippen molar-refractivity contribution in [2.75, 3.05) is 5.32 Å².